The highest BCUT2D eigenvalue weighted by atomic mass is 16.5. The topological polar surface area (TPSA) is 46.6 Å². The highest BCUT2D eigenvalue weighted by Gasteiger charge is 2.04. The minimum Gasteiger partial charge on any atom is -0.469 e. The van der Waals surface area contributed by atoms with Gasteiger partial charge in [0.1, 0.15) is 6.29 Å². The Hall–Kier alpha value is -0.900. The van der Waals surface area contributed by atoms with Crippen LogP contribution in [0.25, 0.3) is 0 Å². The van der Waals surface area contributed by atoms with Gasteiger partial charge in [0.2, 0.25) is 0 Å². The summed E-state index contributed by atoms with van der Waals surface area (Å²) in [5.41, 5.74) is 0. The average Bonchev–Trinajstić information content (AvgIpc) is 2.59. The third-order valence-electron chi connectivity index (χ3n) is 4.49. The Morgan fingerprint density at radius 3 is 1.83 bits per heavy atom. The molecule has 0 aromatic rings. The van der Waals surface area contributed by atoms with Gasteiger partial charge >= 0.3 is 5.97 Å². The van der Waals surface area contributed by atoms with Gasteiger partial charge in [-0.3, -0.25) is 9.69 Å². The van der Waals surface area contributed by atoms with Crippen molar-refractivity contribution in [3.05, 3.63) is 0 Å². The van der Waals surface area contributed by atoms with Crippen LogP contribution in [0.1, 0.15) is 90.4 Å². The number of aldehydes is 1. The molecule has 4 nitrogen and oxygen atoms in total. The number of methoxy groups -OCH3 is 1. The number of carbonyl (C=O) groups excluding carboxylic acids is 2. The van der Waals surface area contributed by atoms with Crippen LogP contribution < -0.4 is 0 Å². The first-order valence-electron chi connectivity index (χ1n) is 9.97. The summed E-state index contributed by atoms with van der Waals surface area (Å²) in [6.45, 7) is 4.88. The largest absolute Gasteiger partial charge is 0.469 e. The number of unbranched alkanes of at least 4 members (excludes halogenated alkanes) is 10. The van der Waals surface area contributed by atoms with Gasteiger partial charge in [0.15, 0.2) is 0 Å². The molecule has 0 aliphatic heterocycles. The van der Waals surface area contributed by atoms with Gasteiger partial charge in [-0.15, -0.1) is 0 Å². The lowest BCUT2D eigenvalue weighted by Crippen LogP contribution is -2.28. The van der Waals surface area contributed by atoms with Crippen LogP contribution in [0, 0.1) is 0 Å². The first kappa shape index (κ1) is 23.1. The zero-order valence-electron chi connectivity index (χ0n) is 16.1. The third-order valence-corrected chi connectivity index (χ3v) is 4.49. The van der Waals surface area contributed by atoms with Crippen LogP contribution in [-0.4, -0.2) is 43.9 Å². The maximum atomic E-state index is 11.0. The van der Waals surface area contributed by atoms with Crippen molar-refractivity contribution in [2.45, 2.75) is 90.4 Å². The fraction of sp³-hybridized carbons (Fsp3) is 0.900. The van der Waals surface area contributed by atoms with Crippen LogP contribution in [0.15, 0.2) is 0 Å². The predicted octanol–water partition coefficient (Wildman–Crippen LogP) is 4.75. The zero-order valence-corrected chi connectivity index (χ0v) is 16.1. The van der Waals surface area contributed by atoms with Crippen molar-refractivity contribution in [1.29, 1.82) is 0 Å². The number of carbonyl (C=O) groups is 2. The number of esters is 1. The standard InChI is InChI=1S/C20H39NO3/c1-3-4-5-6-7-10-13-16-21(18-19-22)17-14-11-8-9-12-15-20(23)24-2/h19H,3-18H2,1-2H3. The molecule has 0 unspecified atom stereocenters. The molecule has 0 saturated carbocycles. The number of nitrogens with zero attached hydrogens (tertiary/aromatic N) is 1. The van der Waals surface area contributed by atoms with Gasteiger partial charge in [0.25, 0.3) is 0 Å². The van der Waals surface area contributed by atoms with Gasteiger partial charge in [0, 0.05) is 6.42 Å². The second kappa shape index (κ2) is 18.4. The first-order chi connectivity index (χ1) is 11.7. The van der Waals surface area contributed by atoms with E-state index in [2.05, 4.69) is 16.6 Å². The quantitative estimate of drug-likeness (QED) is 0.205. The summed E-state index contributed by atoms with van der Waals surface area (Å²) in [5.74, 6) is -0.109. The molecule has 0 aromatic heterocycles. The molecule has 0 saturated heterocycles. The van der Waals surface area contributed by atoms with Crippen LogP contribution in [-0.2, 0) is 14.3 Å². The van der Waals surface area contributed by atoms with E-state index in [1.807, 2.05) is 0 Å². The molecule has 0 fully saturated rings. The summed E-state index contributed by atoms with van der Waals surface area (Å²) in [4.78, 5) is 24.1. The van der Waals surface area contributed by atoms with Gasteiger partial charge in [0.05, 0.1) is 13.7 Å². The molecule has 0 bridgehead atoms. The van der Waals surface area contributed by atoms with Crippen molar-refractivity contribution in [2.75, 3.05) is 26.7 Å². The lowest BCUT2D eigenvalue weighted by molar-refractivity contribution is -0.140. The van der Waals surface area contributed by atoms with Gasteiger partial charge in [-0.2, -0.15) is 0 Å². The van der Waals surface area contributed by atoms with Crippen molar-refractivity contribution in [3.8, 4) is 0 Å². The smallest absolute Gasteiger partial charge is 0.305 e. The van der Waals surface area contributed by atoms with Crippen LogP contribution in [0.4, 0.5) is 0 Å². The lowest BCUT2D eigenvalue weighted by Gasteiger charge is -2.19. The highest BCUT2D eigenvalue weighted by Crippen LogP contribution is 2.09. The number of ether oxygens (including phenoxy) is 1. The van der Waals surface area contributed by atoms with Crippen molar-refractivity contribution in [3.63, 3.8) is 0 Å². The molecule has 0 aliphatic rings. The summed E-state index contributed by atoms with van der Waals surface area (Å²) in [5, 5.41) is 0. The molecule has 0 amide bonds. The molecule has 0 atom stereocenters. The molecule has 0 heterocycles. The molecule has 0 rings (SSSR count). The van der Waals surface area contributed by atoms with Crippen LogP contribution in [0.3, 0.4) is 0 Å². The number of rotatable bonds is 18. The second-order valence-corrected chi connectivity index (χ2v) is 6.68. The Balaban J connectivity index is 3.52. The van der Waals surface area contributed by atoms with Crippen molar-refractivity contribution < 1.29 is 14.3 Å². The normalized spacial score (nSPS) is 11.0. The molecule has 0 spiro atoms. The molecule has 0 aliphatic carbocycles. The van der Waals surface area contributed by atoms with E-state index in [0.717, 1.165) is 45.1 Å². The summed E-state index contributed by atoms with van der Waals surface area (Å²) >= 11 is 0. The van der Waals surface area contributed by atoms with Crippen molar-refractivity contribution in [1.82, 2.24) is 4.90 Å². The highest BCUT2D eigenvalue weighted by molar-refractivity contribution is 5.68. The monoisotopic (exact) mass is 341 g/mol. The van der Waals surface area contributed by atoms with Crippen LogP contribution in [0.5, 0.6) is 0 Å². The third kappa shape index (κ3) is 16.0. The Labute approximate surface area is 149 Å². The second-order valence-electron chi connectivity index (χ2n) is 6.68. The number of hydrogen-bond donors (Lipinski definition) is 0. The predicted molar refractivity (Wildman–Crippen MR) is 100 cm³/mol. The molecule has 142 valence electrons. The zero-order chi connectivity index (χ0) is 17.9. The fourth-order valence-electron chi connectivity index (χ4n) is 2.93. The molecule has 24 heavy (non-hydrogen) atoms. The summed E-state index contributed by atoms with van der Waals surface area (Å²) in [6.07, 6.45) is 16.2. The van der Waals surface area contributed by atoms with E-state index >= 15 is 0 Å². The molecule has 0 radical (unpaired) electrons. The lowest BCUT2D eigenvalue weighted by atomic mass is 10.1. The van der Waals surface area contributed by atoms with Crippen LogP contribution >= 0.6 is 0 Å². The van der Waals surface area contributed by atoms with Crippen LogP contribution in [0.2, 0.25) is 0 Å². The Morgan fingerprint density at radius 2 is 1.33 bits per heavy atom. The van der Waals surface area contributed by atoms with E-state index in [0.29, 0.717) is 13.0 Å². The Bertz CT molecular complexity index is 295. The fourth-order valence-corrected chi connectivity index (χ4v) is 2.93. The van der Waals surface area contributed by atoms with E-state index in [1.54, 1.807) is 0 Å². The Morgan fingerprint density at radius 1 is 0.833 bits per heavy atom. The molecular formula is C20H39NO3. The summed E-state index contributed by atoms with van der Waals surface area (Å²) in [6, 6.07) is 0. The molecule has 4 heteroatoms. The average molecular weight is 342 g/mol. The van der Waals surface area contributed by atoms with Crippen molar-refractivity contribution in [2.24, 2.45) is 0 Å². The summed E-state index contributed by atoms with van der Waals surface area (Å²) in [7, 11) is 1.44. The van der Waals surface area contributed by atoms with E-state index in [-0.39, 0.29) is 5.97 Å². The first-order valence-corrected chi connectivity index (χ1v) is 9.97. The molecule has 0 aromatic carbocycles. The number of hydrogen-bond acceptors (Lipinski definition) is 4. The van der Waals surface area contributed by atoms with Gasteiger partial charge in [-0.1, -0.05) is 64.7 Å². The SMILES string of the molecule is CCCCCCCCCN(CC=O)CCCCCCCC(=O)OC. The Kier molecular flexibility index (Phi) is 17.7. The van der Waals surface area contributed by atoms with Gasteiger partial charge in [-0.05, 0) is 32.4 Å². The minimum absolute atomic E-state index is 0.109. The minimum atomic E-state index is -0.109. The van der Waals surface area contributed by atoms with E-state index in [9.17, 15) is 9.59 Å². The summed E-state index contributed by atoms with van der Waals surface area (Å²) < 4.78 is 4.63. The van der Waals surface area contributed by atoms with Gasteiger partial charge in [-0.25, -0.2) is 0 Å². The van der Waals surface area contributed by atoms with Gasteiger partial charge < -0.3 is 9.53 Å². The van der Waals surface area contributed by atoms with E-state index in [4.69, 9.17) is 0 Å². The maximum absolute atomic E-state index is 11.0. The molecular weight excluding hydrogens is 302 g/mol. The van der Waals surface area contributed by atoms with E-state index in [1.165, 1.54) is 58.5 Å². The molecule has 0 N–H and O–H groups in total. The maximum Gasteiger partial charge on any atom is 0.305 e. The van der Waals surface area contributed by atoms with E-state index < -0.39 is 0 Å². The van der Waals surface area contributed by atoms with Crippen molar-refractivity contribution >= 4 is 12.3 Å².